The van der Waals surface area contributed by atoms with Crippen molar-refractivity contribution >= 4 is 17.6 Å². The molecule has 0 aliphatic heterocycles. The molecule has 3 aromatic rings. The van der Waals surface area contributed by atoms with Gasteiger partial charge in [-0.15, -0.1) is 0 Å². The average molecular weight is 337 g/mol. The number of rotatable bonds is 4. The van der Waals surface area contributed by atoms with E-state index >= 15 is 0 Å². The molecule has 0 saturated heterocycles. The highest BCUT2D eigenvalue weighted by Gasteiger charge is 2.17. The van der Waals surface area contributed by atoms with Crippen LogP contribution in [-0.2, 0) is 0 Å². The van der Waals surface area contributed by atoms with Gasteiger partial charge in [0, 0.05) is 0 Å². The third kappa shape index (κ3) is 3.20. The minimum Gasteiger partial charge on any atom is -0.506 e. The predicted molar refractivity (Wildman–Crippen MR) is 91.3 cm³/mol. The molecule has 0 aliphatic carbocycles. The van der Waals surface area contributed by atoms with Gasteiger partial charge in [0.2, 0.25) is 0 Å². The Kier molecular flexibility index (Phi) is 4.21. The Hall–Kier alpha value is -3.61. The van der Waals surface area contributed by atoms with Crippen LogP contribution in [0.2, 0.25) is 0 Å². The number of para-hydroxylation sites is 1. The number of carboxylic acid groups (broad SMARTS) is 1. The number of aromatic hydroxyl groups is 1. The molecule has 0 bridgehead atoms. The molecule has 25 heavy (non-hydrogen) atoms. The molecule has 7 nitrogen and oxygen atoms in total. The van der Waals surface area contributed by atoms with Crippen molar-refractivity contribution in [2.45, 2.75) is 6.92 Å². The summed E-state index contributed by atoms with van der Waals surface area (Å²) in [7, 11) is 0. The first-order valence-electron chi connectivity index (χ1n) is 7.45. The number of hydrogen-bond acceptors (Lipinski definition) is 4. The highest BCUT2D eigenvalue weighted by Crippen LogP contribution is 2.25. The van der Waals surface area contributed by atoms with Gasteiger partial charge in [-0.1, -0.05) is 18.2 Å². The van der Waals surface area contributed by atoms with Crippen LogP contribution in [-0.4, -0.2) is 31.9 Å². The molecule has 1 heterocycles. The number of carbonyl (C=O) groups excluding carboxylic acids is 1. The van der Waals surface area contributed by atoms with Gasteiger partial charge >= 0.3 is 5.97 Å². The number of phenolic OH excluding ortho intramolecular Hbond substituents is 1. The number of benzene rings is 2. The monoisotopic (exact) mass is 337 g/mol. The standard InChI is InChI=1S/C18H15N3O4/c1-11-14(10-19-21(11)13-5-3-2-4-6-13)17(23)20-15-9-12(18(24)25)7-8-16(15)22/h2-10,22H,1H3,(H,20,23)(H,24,25). The first-order chi connectivity index (χ1) is 12.0. The van der Waals surface area contributed by atoms with Crippen LogP contribution in [0.5, 0.6) is 5.75 Å². The van der Waals surface area contributed by atoms with Crippen molar-refractivity contribution in [2.24, 2.45) is 0 Å². The molecule has 0 fully saturated rings. The fourth-order valence-electron chi connectivity index (χ4n) is 2.42. The number of hydrogen-bond donors (Lipinski definition) is 3. The first-order valence-corrected chi connectivity index (χ1v) is 7.45. The second-order valence-corrected chi connectivity index (χ2v) is 5.38. The van der Waals surface area contributed by atoms with E-state index in [0.29, 0.717) is 11.3 Å². The maximum Gasteiger partial charge on any atom is 0.335 e. The van der Waals surface area contributed by atoms with Crippen molar-refractivity contribution < 1.29 is 19.8 Å². The fourth-order valence-corrected chi connectivity index (χ4v) is 2.42. The molecule has 2 aromatic carbocycles. The molecule has 1 aromatic heterocycles. The molecular weight excluding hydrogens is 322 g/mol. The lowest BCUT2D eigenvalue weighted by Gasteiger charge is -2.09. The van der Waals surface area contributed by atoms with Crippen LogP contribution in [0.4, 0.5) is 5.69 Å². The summed E-state index contributed by atoms with van der Waals surface area (Å²) in [6.45, 7) is 1.75. The Morgan fingerprint density at radius 2 is 1.84 bits per heavy atom. The number of nitrogens with zero attached hydrogens (tertiary/aromatic N) is 2. The van der Waals surface area contributed by atoms with Crippen molar-refractivity contribution in [3.63, 3.8) is 0 Å². The maximum atomic E-state index is 12.5. The normalized spacial score (nSPS) is 10.4. The molecule has 1 amide bonds. The van der Waals surface area contributed by atoms with Crippen LogP contribution in [0.25, 0.3) is 5.69 Å². The van der Waals surface area contributed by atoms with Crippen molar-refractivity contribution in [2.75, 3.05) is 5.32 Å². The van der Waals surface area contributed by atoms with Crippen molar-refractivity contribution in [1.82, 2.24) is 9.78 Å². The van der Waals surface area contributed by atoms with Crippen LogP contribution in [0.3, 0.4) is 0 Å². The molecule has 0 spiro atoms. The topological polar surface area (TPSA) is 104 Å². The summed E-state index contributed by atoms with van der Waals surface area (Å²) in [6, 6.07) is 13.0. The lowest BCUT2D eigenvalue weighted by atomic mass is 10.1. The van der Waals surface area contributed by atoms with Gasteiger partial charge in [0.1, 0.15) is 5.75 Å². The third-order valence-corrected chi connectivity index (χ3v) is 3.75. The Balaban J connectivity index is 1.89. The Labute approximate surface area is 143 Å². The molecule has 126 valence electrons. The Morgan fingerprint density at radius 1 is 1.12 bits per heavy atom. The molecule has 0 saturated carbocycles. The average Bonchev–Trinajstić information content (AvgIpc) is 2.99. The third-order valence-electron chi connectivity index (χ3n) is 3.75. The van der Waals surface area contributed by atoms with Gasteiger partial charge in [0.05, 0.1) is 34.4 Å². The summed E-state index contributed by atoms with van der Waals surface area (Å²) >= 11 is 0. The lowest BCUT2D eigenvalue weighted by molar-refractivity contribution is 0.0696. The van der Waals surface area contributed by atoms with E-state index in [2.05, 4.69) is 10.4 Å². The Bertz CT molecular complexity index is 948. The molecule has 0 atom stereocenters. The molecule has 7 heteroatoms. The van der Waals surface area contributed by atoms with E-state index in [4.69, 9.17) is 5.11 Å². The number of nitrogens with one attached hydrogen (secondary N) is 1. The van der Waals surface area contributed by atoms with Gasteiger partial charge in [0.25, 0.3) is 5.91 Å². The minimum absolute atomic E-state index is 0.0248. The highest BCUT2D eigenvalue weighted by molar-refractivity contribution is 6.06. The maximum absolute atomic E-state index is 12.5. The number of aromatic nitrogens is 2. The van der Waals surface area contributed by atoms with Gasteiger partial charge < -0.3 is 15.5 Å². The summed E-state index contributed by atoms with van der Waals surface area (Å²) in [6.07, 6.45) is 1.43. The van der Waals surface area contributed by atoms with Gasteiger partial charge in [-0.3, -0.25) is 4.79 Å². The number of amides is 1. The van der Waals surface area contributed by atoms with E-state index in [9.17, 15) is 14.7 Å². The summed E-state index contributed by atoms with van der Waals surface area (Å²) < 4.78 is 1.63. The molecule has 0 radical (unpaired) electrons. The number of carbonyl (C=O) groups is 2. The number of aromatic carboxylic acids is 1. The molecule has 3 N–H and O–H groups in total. The van der Waals surface area contributed by atoms with E-state index in [-0.39, 0.29) is 17.0 Å². The fraction of sp³-hybridized carbons (Fsp3) is 0.0556. The van der Waals surface area contributed by atoms with E-state index in [0.717, 1.165) is 5.69 Å². The number of anilines is 1. The zero-order valence-corrected chi connectivity index (χ0v) is 13.3. The number of phenols is 1. The van der Waals surface area contributed by atoms with Crippen LogP contribution < -0.4 is 5.32 Å². The molecule has 3 rings (SSSR count). The second-order valence-electron chi connectivity index (χ2n) is 5.38. The largest absolute Gasteiger partial charge is 0.506 e. The van der Waals surface area contributed by atoms with E-state index in [1.165, 1.54) is 24.4 Å². The van der Waals surface area contributed by atoms with E-state index in [1.54, 1.807) is 11.6 Å². The van der Waals surface area contributed by atoms with Crippen LogP contribution in [0.15, 0.2) is 54.7 Å². The van der Waals surface area contributed by atoms with Gasteiger partial charge in [-0.05, 0) is 37.3 Å². The molecular formula is C18H15N3O4. The van der Waals surface area contributed by atoms with Gasteiger partial charge in [-0.2, -0.15) is 5.10 Å². The minimum atomic E-state index is -1.15. The van der Waals surface area contributed by atoms with Crippen molar-refractivity contribution in [1.29, 1.82) is 0 Å². The molecule has 0 unspecified atom stereocenters. The zero-order chi connectivity index (χ0) is 18.0. The SMILES string of the molecule is Cc1c(C(=O)Nc2cc(C(=O)O)ccc2O)cnn1-c1ccccc1. The van der Waals surface area contributed by atoms with Crippen LogP contribution in [0, 0.1) is 6.92 Å². The van der Waals surface area contributed by atoms with E-state index < -0.39 is 11.9 Å². The van der Waals surface area contributed by atoms with E-state index in [1.807, 2.05) is 30.3 Å². The predicted octanol–water partition coefficient (Wildman–Crippen LogP) is 2.84. The van der Waals surface area contributed by atoms with Gasteiger partial charge in [0.15, 0.2) is 0 Å². The smallest absolute Gasteiger partial charge is 0.335 e. The molecule has 0 aliphatic rings. The summed E-state index contributed by atoms with van der Waals surface area (Å²) in [5.41, 5.74) is 1.75. The second kappa shape index (κ2) is 6.48. The van der Waals surface area contributed by atoms with Crippen LogP contribution in [0.1, 0.15) is 26.4 Å². The van der Waals surface area contributed by atoms with Crippen LogP contribution >= 0.6 is 0 Å². The quantitative estimate of drug-likeness (QED) is 0.635. The summed E-state index contributed by atoms with van der Waals surface area (Å²) in [4.78, 5) is 23.5. The Morgan fingerprint density at radius 3 is 2.52 bits per heavy atom. The van der Waals surface area contributed by atoms with Crippen molar-refractivity contribution in [3.05, 3.63) is 71.5 Å². The highest BCUT2D eigenvalue weighted by atomic mass is 16.4. The summed E-state index contributed by atoms with van der Waals surface area (Å²) in [5.74, 6) is -1.85. The lowest BCUT2D eigenvalue weighted by Crippen LogP contribution is -2.13. The first kappa shape index (κ1) is 16.3. The van der Waals surface area contributed by atoms with Gasteiger partial charge in [-0.25, -0.2) is 9.48 Å². The van der Waals surface area contributed by atoms with Crippen molar-refractivity contribution in [3.8, 4) is 11.4 Å². The zero-order valence-electron chi connectivity index (χ0n) is 13.3. The number of carboxylic acids is 1. The summed E-state index contributed by atoms with van der Waals surface area (Å²) in [5, 5.41) is 25.6.